The van der Waals surface area contributed by atoms with Crippen molar-refractivity contribution in [3.05, 3.63) is 22.4 Å². The summed E-state index contributed by atoms with van der Waals surface area (Å²) in [5.41, 5.74) is 0.0326. The van der Waals surface area contributed by atoms with Crippen LogP contribution >= 0.6 is 11.3 Å². The van der Waals surface area contributed by atoms with Gasteiger partial charge in [0.05, 0.1) is 10.8 Å². The number of carbonyl (C=O) groups excluding carboxylic acids is 2. The Kier molecular flexibility index (Phi) is 4.37. The highest BCUT2D eigenvalue weighted by Crippen LogP contribution is 2.48. The smallest absolute Gasteiger partial charge is 0.263 e. The van der Waals surface area contributed by atoms with Crippen LogP contribution in [0.5, 0.6) is 0 Å². The molecule has 3 aliphatic rings. The molecule has 0 bridgehead atoms. The summed E-state index contributed by atoms with van der Waals surface area (Å²) in [5, 5.41) is 1.95. The molecule has 2 aliphatic heterocycles. The van der Waals surface area contributed by atoms with Crippen molar-refractivity contribution < 1.29 is 9.59 Å². The number of nitrogens with zero attached hydrogens (tertiary/aromatic N) is 2. The van der Waals surface area contributed by atoms with Gasteiger partial charge in [-0.3, -0.25) is 9.59 Å². The van der Waals surface area contributed by atoms with E-state index in [0.717, 1.165) is 50.2 Å². The lowest BCUT2D eigenvalue weighted by Crippen LogP contribution is -2.43. The molecule has 1 aliphatic carbocycles. The summed E-state index contributed by atoms with van der Waals surface area (Å²) in [4.78, 5) is 30.8. The van der Waals surface area contributed by atoms with Crippen molar-refractivity contribution in [1.82, 2.24) is 9.80 Å². The van der Waals surface area contributed by atoms with Gasteiger partial charge in [0.1, 0.15) is 0 Å². The summed E-state index contributed by atoms with van der Waals surface area (Å²) >= 11 is 1.50. The topological polar surface area (TPSA) is 40.6 Å². The highest BCUT2D eigenvalue weighted by atomic mass is 32.1. The second-order valence-corrected chi connectivity index (χ2v) is 8.62. The minimum atomic E-state index is 0.0137. The summed E-state index contributed by atoms with van der Waals surface area (Å²) in [5.74, 6) is 0.447. The first-order valence-electron chi connectivity index (χ1n) is 9.31. The number of rotatable bonds is 2. The zero-order chi connectivity index (χ0) is 16.6. The predicted octanol–water partition coefficient (Wildman–Crippen LogP) is 3.39. The minimum absolute atomic E-state index is 0.0137. The number of carbonyl (C=O) groups is 2. The Morgan fingerprint density at radius 3 is 2.46 bits per heavy atom. The van der Waals surface area contributed by atoms with Crippen molar-refractivity contribution in [2.75, 3.05) is 26.2 Å². The molecule has 4 rings (SSSR count). The van der Waals surface area contributed by atoms with E-state index >= 15 is 0 Å². The molecule has 1 aromatic rings. The van der Waals surface area contributed by atoms with Gasteiger partial charge in [-0.2, -0.15) is 0 Å². The van der Waals surface area contributed by atoms with Gasteiger partial charge in [-0.25, -0.2) is 0 Å². The normalized spacial score (nSPS) is 26.2. The fourth-order valence-electron chi connectivity index (χ4n) is 4.94. The Morgan fingerprint density at radius 2 is 1.79 bits per heavy atom. The molecule has 1 spiro atoms. The Bertz CT molecular complexity index is 601. The highest BCUT2D eigenvalue weighted by Gasteiger charge is 2.52. The van der Waals surface area contributed by atoms with E-state index in [4.69, 9.17) is 0 Å². The van der Waals surface area contributed by atoms with Gasteiger partial charge in [0.15, 0.2) is 0 Å². The van der Waals surface area contributed by atoms with E-state index < -0.39 is 0 Å². The molecular weight excluding hydrogens is 320 g/mol. The molecule has 2 saturated heterocycles. The van der Waals surface area contributed by atoms with Gasteiger partial charge in [-0.15, -0.1) is 11.3 Å². The third-order valence-electron chi connectivity index (χ3n) is 6.23. The van der Waals surface area contributed by atoms with E-state index in [2.05, 4.69) is 4.90 Å². The Morgan fingerprint density at radius 1 is 1.04 bits per heavy atom. The lowest BCUT2D eigenvalue weighted by Gasteiger charge is -2.38. The Balaban J connectivity index is 1.58. The SMILES string of the molecule is O=C(c1cccs1)N1CC(C(=O)N2CCCC2)C2(CCCCC2)C1. The lowest BCUT2D eigenvalue weighted by molar-refractivity contribution is -0.138. The number of amides is 2. The minimum Gasteiger partial charge on any atom is -0.342 e. The summed E-state index contributed by atoms with van der Waals surface area (Å²) in [6, 6.07) is 3.83. The molecular formula is C19H26N2O2S. The third kappa shape index (κ3) is 2.77. The van der Waals surface area contributed by atoms with Crippen LogP contribution in [-0.4, -0.2) is 47.8 Å². The van der Waals surface area contributed by atoms with Gasteiger partial charge in [-0.1, -0.05) is 25.3 Å². The van der Waals surface area contributed by atoms with Gasteiger partial charge >= 0.3 is 0 Å². The quantitative estimate of drug-likeness (QED) is 0.823. The van der Waals surface area contributed by atoms with Crippen molar-refractivity contribution in [3.63, 3.8) is 0 Å². The summed E-state index contributed by atoms with van der Waals surface area (Å²) in [7, 11) is 0. The van der Waals surface area contributed by atoms with Crippen molar-refractivity contribution in [2.24, 2.45) is 11.3 Å². The van der Waals surface area contributed by atoms with Crippen molar-refractivity contribution in [2.45, 2.75) is 44.9 Å². The van der Waals surface area contributed by atoms with E-state index in [0.29, 0.717) is 12.5 Å². The van der Waals surface area contributed by atoms with E-state index in [1.165, 1.54) is 30.6 Å². The first kappa shape index (κ1) is 16.1. The van der Waals surface area contributed by atoms with Gasteiger partial charge in [0.25, 0.3) is 5.91 Å². The van der Waals surface area contributed by atoms with E-state index in [-0.39, 0.29) is 17.2 Å². The molecule has 1 saturated carbocycles. The second-order valence-electron chi connectivity index (χ2n) is 7.67. The average molecular weight is 346 g/mol. The molecule has 5 heteroatoms. The van der Waals surface area contributed by atoms with Crippen LogP contribution in [0.1, 0.15) is 54.6 Å². The molecule has 1 aromatic heterocycles. The van der Waals surface area contributed by atoms with Crippen LogP contribution in [0.3, 0.4) is 0 Å². The molecule has 0 radical (unpaired) electrons. The van der Waals surface area contributed by atoms with Crippen molar-refractivity contribution in [3.8, 4) is 0 Å². The van der Waals surface area contributed by atoms with Crippen molar-refractivity contribution in [1.29, 1.82) is 0 Å². The van der Waals surface area contributed by atoms with Gasteiger partial charge in [-0.05, 0) is 37.1 Å². The van der Waals surface area contributed by atoms with Crippen molar-refractivity contribution >= 4 is 23.2 Å². The fraction of sp³-hybridized carbons (Fsp3) is 0.684. The molecule has 2 amide bonds. The molecule has 0 N–H and O–H groups in total. The number of thiophene rings is 1. The zero-order valence-corrected chi connectivity index (χ0v) is 15.0. The monoisotopic (exact) mass is 346 g/mol. The van der Waals surface area contributed by atoms with Crippen LogP contribution in [0, 0.1) is 11.3 Å². The molecule has 3 heterocycles. The van der Waals surface area contributed by atoms with E-state index in [9.17, 15) is 9.59 Å². The standard InChI is InChI=1S/C19H26N2O2S/c22-17(20-10-4-5-11-20)15-13-21(18(23)16-7-6-12-24-16)14-19(15)8-2-1-3-9-19/h6-7,12,15H,1-5,8-11,13-14H2. The van der Waals surface area contributed by atoms with E-state index in [1.54, 1.807) is 0 Å². The molecule has 24 heavy (non-hydrogen) atoms. The van der Waals surface area contributed by atoms with Gasteiger partial charge in [0.2, 0.25) is 5.91 Å². The molecule has 130 valence electrons. The fourth-order valence-corrected chi connectivity index (χ4v) is 5.63. The van der Waals surface area contributed by atoms with Crippen LogP contribution in [0.2, 0.25) is 0 Å². The summed E-state index contributed by atoms with van der Waals surface area (Å²) in [6.07, 6.45) is 8.13. The maximum atomic E-state index is 13.2. The second kappa shape index (κ2) is 6.51. The first-order chi connectivity index (χ1) is 11.7. The maximum absolute atomic E-state index is 13.2. The Hall–Kier alpha value is -1.36. The largest absolute Gasteiger partial charge is 0.342 e. The zero-order valence-electron chi connectivity index (χ0n) is 14.2. The molecule has 3 fully saturated rings. The third-order valence-corrected chi connectivity index (χ3v) is 7.09. The summed E-state index contributed by atoms with van der Waals surface area (Å²) in [6.45, 7) is 3.20. The molecule has 4 nitrogen and oxygen atoms in total. The van der Waals surface area contributed by atoms with E-state index in [1.807, 2.05) is 22.4 Å². The molecule has 1 unspecified atom stereocenters. The maximum Gasteiger partial charge on any atom is 0.263 e. The summed E-state index contributed by atoms with van der Waals surface area (Å²) < 4.78 is 0. The number of likely N-dealkylation sites (tertiary alicyclic amines) is 2. The van der Waals surface area contributed by atoms with Gasteiger partial charge < -0.3 is 9.80 Å². The van der Waals surface area contributed by atoms with Crippen LogP contribution in [-0.2, 0) is 4.79 Å². The molecule has 0 aromatic carbocycles. The van der Waals surface area contributed by atoms with Crippen LogP contribution in [0.4, 0.5) is 0 Å². The van der Waals surface area contributed by atoms with Crippen LogP contribution in [0.15, 0.2) is 17.5 Å². The van der Waals surface area contributed by atoms with Crippen LogP contribution in [0.25, 0.3) is 0 Å². The first-order valence-corrected chi connectivity index (χ1v) is 10.2. The number of hydrogen-bond acceptors (Lipinski definition) is 3. The van der Waals surface area contributed by atoms with Crippen LogP contribution < -0.4 is 0 Å². The predicted molar refractivity (Wildman–Crippen MR) is 95.0 cm³/mol. The number of hydrogen-bond donors (Lipinski definition) is 0. The lowest BCUT2D eigenvalue weighted by atomic mass is 9.67. The average Bonchev–Trinajstić information content (AvgIpc) is 3.35. The van der Waals surface area contributed by atoms with Gasteiger partial charge in [0, 0.05) is 31.6 Å². The molecule has 1 atom stereocenters. The Labute approximate surface area is 147 Å². The highest BCUT2D eigenvalue weighted by molar-refractivity contribution is 7.12.